The van der Waals surface area contributed by atoms with Crippen molar-refractivity contribution in [3.8, 4) is 0 Å². The molecule has 0 saturated heterocycles. The van der Waals surface area contributed by atoms with Crippen LogP contribution < -0.4 is 5.32 Å². The minimum atomic E-state index is -0.127. The smallest absolute Gasteiger partial charge is 0.126 e. The summed E-state index contributed by atoms with van der Waals surface area (Å²) in [7, 11) is 1.97. The van der Waals surface area contributed by atoms with Gasteiger partial charge in [-0.05, 0) is 48.9 Å². The van der Waals surface area contributed by atoms with Crippen LogP contribution in [0.15, 0.2) is 18.2 Å². The molecule has 1 aromatic carbocycles. The molecule has 1 nitrogen and oxygen atoms in total. The van der Waals surface area contributed by atoms with E-state index in [1.165, 1.54) is 5.56 Å². The molecule has 0 saturated carbocycles. The van der Waals surface area contributed by atoms with Gasteiger partial charge in [0.2, 0.25) is 0 Å². The van der Waals surface area contributed by atoms with Crippen LogP contribution >= 0.6 is 0 Å². The van der Waals surface area contributed by atoms with E-state index in [1.54, 1.807) is 6.07 Å². The van der Waals surface area contributed by atoms with Gasteiger partial charge >= 0.3 is 0 Å². The van der Waals surface area contributed by atoms with Crippen molar-refractivity contribution in [1.82, 2.24) is 5.32 Å². The van der Waals surface area contributed by atoms with Gasteiger partial charge in [0.05, 0.1) is 0 Å². The molecule has 0 aliphatic rings. The maximum Gasteiger partial charge on any atom is 0.126 e. The first kappa shape index (κ1) is 15.2. The van der Waals surface area contributed by atoms with E-state index in [0.717, 1.165) is 12.0 Å². The van der Waals surface area contributed by atoms with Gasteiger partial charge in [-0.25, -0.2) is 4.39 Å². The average Bonchev–Trinajstić information content (AvgIpc) is 2.28. The molecule has 0 aliphatic heterocycles. The Labute approximate surface area is 111 Å². The molecule has 1 aromatic rings. The Morgan fingerprint density at radius 1 is 1.28 bits per heavy atom. The predicted octanol–water partition coefficient (Wildman–Crippen LogP) is 4.47. The van der Waals surface area contributed by atoms with Crippen LogP contribution in [0.25, 0.3) is 0 Å². The Bertz CT molecular complexity index is 393. The van der Waals surface area contributed by atoms with Gasteiger partial charge in [0.25, 0.3) is 0 Å². The van der Waals surface area contributed by atoms with Crippen LogP contribution in [0.2, 0.25) is 0 Å². The van der Waals surface area contributed by atoms with Crippen LogP contribution in [0.4, 0.5) is 4.39 Å². The fraction of sp³-hybridized carbons (Fsp3) is 0.625. The average molecular weight is 251 g/mol. The lowest BCUT2D eigenvalue weighted by Crippen LogP contribution is -2.25. The molecule has 0 radical (unpaired) electrons. The summed E-state index contributed by atoms with van der Waals surface area (Å²) in [6.07, 6.45) is 1.06. The zero-order chi connectivity index (χ0) is 13.9. The summed E-state index contributed by atoms with van der Waals surface area (Å²) in [5.74, 6) is 0.470. The zero-order valence-electron chi connectivity index (χ0n) is 12.5. The van der Waals surface area contributed by atoms with Gasteiger partial charge in [0.15, 0.2) is 0 Å². The van der Waals surface area contributed by atoms with Crippen molar-refractivity contribution in [2.24, 2.45) is 11.3 Å². The van der Waals surface area contributed by atoms with Gasteiger partial charge in [0, 0.05) is 6.04 Å². The summed E-state index contributed by atoms with van der Waals surface area (Å²) in [4.78, 5) is 0. The van der Waals surface area contributed by atoms with Crippen molar-refractivity contribution < 1.29 is 4.39 Å². The lowest BCUT2D eigenvalue weighted by Gasteiger charge is -2.31. The fourth-order valence-electron chi connectivity index (χ4n) is 2.01. The molecule has 18 heavy (non-hydrogen) atoms. The molecule has 0 aliphatic carbocycles. The molecular weight excluding hydrogens is 225 g/mol. The first-order chi connectivity index (χ1) is 8.25. The Hall–Kier alpha value is -0.890. The van der Waals surface area contributed by atoms with Gasteiger partial charge < -0.3 is 5.32 Å². The topological polar surface area (TPSA) is 12.0 Å². The van der Waals surface area contributed by atoms with Crippen LogP contribution in [0.3, 0.4) is 0 Å². The Kier molecular flexibility index (Phi) is 4.92. The highest BCUT2D eigenvalue weighted by Gasteiger charge is 2.23. The van der Waals surface area contributed by atoms with Gasteiger partial charge in [-0.1, -0.05) is 39.8 Å². The molecule has 0 fully saturated rings. The second kappa shape index (κ2) is 5.83. The molecule has 0 aromatic heterocycles. The highest BCUT2D eigenvalue weighted by atomic mass is 19.1. The second-order valence-corrected chi connectivity index (χ2v) is 6.35. The summed E-state index contributed by atoms with van der Waals surface area (Å²) in [6.45, 7) is 10.9. The third-order valence-corrected chi connectivity index (χ3v) is 4.00. The molecule has 0 spiro atoms. The molecule has 0 heterocycles. The van der Waals surface area contributed by atoms with E-state index >= 15 is 0 Å². The third kappa shape index (κ3) is 3.81. The molecule has 0 amide bonds. The number of hydrogen-bond acceptors (Lipinski definition) is 1. The number of aryl methyl sites for hydroxylation is 1. The van der Waals surface area contributed by atoms with Gasteiger partial charge in [-0.3, -0.25) is 0 Å². The maximum absolute atomic E-state index is 13.3. The quantitative estimate of drug-likeness (QED) is 0.832. The van der Waals surface area contributed by atoms with E-state index in [4.69, 9.17) is 0 Å². The van der Waals surface area contributed by atoms with E-state index in [-0.39, 0.29) is 5.82 Å². The van der Waals surface area contributed by atoms with Crippen molar-refractivity contribution in [2.75, 3.05) is 7.05 Å². The highest BCUT2D eigenvalue weighted by molar-refractivity contribution is 5.26. The Balaban J connectivity index is 2.86. The number of nitrogens with one attached hydrogen (secondary N) is 1. The molecule has 0 bridgehead atoms. The summed E-state index contributed by atoms with van der Waals surface area (Å²) in [5.41, 5.74) is 2.19. The largest absolute Gasteiger partial charge is 0.313 e. The van der Waals surface area contributed by atoms with Crippen molar-refractivity contribution in [3.05, 3.63) is 35.1 Å². The van der Waals surface area contributed by atoms with Crippen LogP contribution in [0.1, 0.15) is 51.3 Å². The van der Waals surface area contributed by atoms with Gasteiger partial charge in [0.1, 0.15) is 5.82 Å². The number of rotatable bonds is 4. The number of benzene rings is 1. The molecule has 1 N–H and O–H groups in total. The summed E-state index contributed by atoms with van der Waals surface area (Å²) < 4.78 is 13.3. The van der Waals surface area contributed by atoms with Crippen molar-refractivity contribution >= 4 is 0 Å². The first-order valence-electron chi connectivity index (χ1n) is 6.69. The van der Waals surface area contributed by atoms with E-state index in [9.17, 15) is 4.39 Å². The lowest BCUT2D eigenvalue weighted by atomic mass is 9.77. The SMILES string of the molecule is CNC(CC(C)C(C)(C)C)c1ccc(F)c(C)c1. The van der Waals surface area contributed by atoms with Crippen molar-refractivity contribution in [1.29, 1.82) is 0 Å². The van der Waals surface area contributed by atoms with E-state index in [2.05, 4.69) is 33.0 Å². The van der Waals surface area contributed by atoms with Crippen molar-refractivity contribution in [3.63, 3.8) is 0 Å². The fourth-order valence-corrected chi connectivity index (χ4v) is 2.01. The molecular formula is C16H26FN. The Morgan fingerprint density at radius 3 is 2.33 bits per heavy atom. The van der Waals surface area contributed by atoms with Gasteiger partial charge in [-0.2, -0.15) is 0 Å². The summed E-state index contributed by atoms with van der Waals surface area (Å²) >= 11 is 0. The summed E-state index contributed by atoms with van der Waals surface area (Å²) in [5, 5.41) is 3.35. The minimum absolute atomic E-state index is 0.127. The maximum atomic E-state index is 13.3. The highest BCUT2D eigenvalue weighted by Crippen LogP contribution is 2.33. The zero-order valence-corrected chi connectivity index (χ0v) is 12.5. The monoisotopic (exact) mass is 251 g/mol. The minimum Gasteiger partial charge on any atom is -0.313 e. The second-order valence-electron chi connectivity index (χ2n) is 6.35. The molecule has 2 atom stereocenters. The molecule has 102 valence electrons. The van der Waals surface area contributed by atoms with Crippen LogP contribution in [-0.4, -0.2) is 7.05 Å². The first-order valence-corrected chi connectivity index (χ1v) is 6.69. The van der Waals surface area contributed by atoms with Crippen molar-refractivity contribution in [2.45, 2.75) is 47.1 Å². The lowest BCUT2D eigenvalue weighted by molar-refractivity contribution is 0.226. The van der Waals surface area contributed by atoms with Gasteiger partial charge in [-0.15, -0.1) is 0 Å². The van der Waals surface area contributed by atoms with E-state index < -0.39 is 0 Å². The number of hydrogen-bond donors (Lipinski definition) is 1. The molecule has 2 unspecified atom stereocenters. The van der Waals surface area contributed by atoms with Crippen LogP contribution in [0.5, 0.6) is 0 Å². The normalized spacial score (nSPS) is 15.5. The van der Waals surface area contributed by atoms with E-state index in [1.807, 2.05) is 26.1 Å². The predicted molar refractivity (Wildman–Crippen MR) is 76.2 cm³/mol. The summed E-state index contributed by atoms with van der Waals surface area (Å²) in [6, 6.07) is 5.69. The van der Waals surface area contributed by atoms with E-state index in [0.29, 0.717) is 17.4 Å². The third-order valence-electron chi connectivity index (χ3n) is 4.00. The Morgan fingerprint density at radius 2 is 1.89 bits per heavy atom. The molecule has 1 rings (SSSR count). The van der Waals surface area contributed by atoms with Crippen LogP contribution in [0, 0.1) is 24.1 Å². The standard InChI is InChI=1S/C16H26FN/c1-11-9-13(7-8-14(11)17)15(18-6)10-12(2)16(3,4)5/h7-9,12,15,18H,10H2,1-6H3. The number of halogens is 1. The molecule has 2 heteroatoms. The van der Waals surface area contributed by atoms with Crippen LogP contribution in [-0.2, 0) is 0 Å².